The van der Waals surface area contributed by atoms with Crippen LogP contribution in [0.25, 0.3) is 0 Å². The van der Waals surface area contributed by atoms with Crippen LogP contribution < -0.4 is 9.47 Å². The van der Waals surface area contributed by atoms with Crippen LogP contribution in [0.15, 0.2) is 60.0 Å². The molecule has 0 amide bonds. The summed E-state index contributed by atoms with van der Waals surface area (Å²) in [7, 11) is 0. The first-order valence-corrected chi connectivity index (χ1v) is 10.4. The van der Waals surface area contributed by atoms with E-state index in [1.54, 1.807) is 36.6 Å². The lowest BCUT2D eigenvalue weighted by atomic mass is 10.1. The third-order valence-corrected chi connectivity index (χ3v) is 5.17. The molecule has 0 aliphatic heterocycles. The van der Waals surface area contributed by atoms with Gasteiger partial charge in [-0.2, -0.15) is 5.26 Å². The van der Waals surface area contributed by atoms with E-state index in [2.05, 4.69) is 4.98 Å². The summed E-state index contributed by atoms with van der Waals surface area (Å²) in [5, 5.41) is 11.5. The van der Waals surface area contributed by atoms with Crippen LogP contribution in [0, 0.1) is 18.3 Å². The van der Waals surface area contributed by atoms with Crippen LogP contribution >= 0.6 is 11.3 Å². The van der Waals surface area contributed by atoms with Crippen molar-refractivity contribution in [2.75, 3.05) is 19.8 Å². The number of thiazole rings is 1. The Kier molecular flexibility index (Phi) is 7.73. The Morgan fingerprint density at radius 2 is 1.77 bits per heavy atom. The molecule has 0 aliphatic carbocycles. The van der Waals surface area contributed by atoms with E-state index in [0.29, 0.717) is 17.4 Å². The Morgan fingerprint density at radius 3 is 2.48 bits per heavy atom. The highest BCUT2D eigenvalue weighted by molar-refractivity contribution is 7.09. The van der Waals surface area contributed by atoms with Gasteiger partial charge in [-0.15, -0.1) is 11.3 Å². The number of ketones is 1. The molecule has 0 saturated carbocycles. The van der Waals surface area contributed by atoms with E-state index in [0.717, 1.165) is 11.4 Å². The number of carbonyl (C=O) groups excluding carboxylic acids is 2. The quantitative estimate of drug-likeness (QED) is 0.351. The second kappa shape index (κ2) is 10.9. The number of aryl methyl sites for hydroxylation is 1. The molecule has 0 N–H and O–H groups in total. The summed E-state index contributed by atoms with van der Waals surface area (Å²) < 4.78 is 16.4. The fourth-order valence-electron chi connectivity index (χ4n) is 2.66. The summed E-state index contributed by atoms with van der Waals surface area (Å²) in [6.45, 7) is 1.77. The molecule has 3 rings (SSSR count). The first-order valence-electron chi connectivity index (χ1n) is 9.49. The van der Waals surface area contributed by atoms with Crippen molar-refractivity contribution in [2.24, 2.45) is 0 Å². The SMILES string of the molecule is Cc1csc(C(C#N)C(=O)COC(=O)c2ccccc2OCCOc2ccccc2)n1. The molecular formula is C23H20N2O5S. The van der Waals surface area contributed by atoms with E-state index in [9.17, 15) is 14.9 Å². The fourth-order valence-corrected chi connectivity index (χ4v) is 3.52. The maximum Gasteiger partial charge on any atom is 0.342 e. The Bertz CT molecular complexity index is 1070. The molecule has 158 valence electrons. The first kappa shape index (κ1) is 22.0. The monoisotopic (exact) mass is 436 g/mol. The van der Waals surface area contributed by atoms with Gasteiger partial charge in [-0.1, -0.05) is 30.3 Å². The largest absolute Gasteiger partial charge is 0.490 e. The van der Waals surface area contributed by atoms with E-state index in [1.165, 1.54) is 11.3 Å². The van der Waals surface area contributed by atoms with Gasteiger partial charge in [0.05, 0.1) is 6.07 Å². The Hall–Kier alpha value is -3.70. The summed E-state index contributed by atoms with van der Waals surface area (Å²) in [6.07, 6.45) is 0. The standard InChI is InChI=1S/C23H20N2O5S/c1-16-15-31-22(25-16)19(13-24)20(26)14-30-23(27)18-9-5-6-10-21(18)29-12-11-28-17-7-3-2-4-8-17/h2-10,15,19H,11-12,14H2,1H3. The fraction of sp³-hybridized carbons (Fsp3) is 0.217. The van der Waals surface area contributed by atoms with Crippen molar-refractivity contribution in [2.45, 2.75) is 12.8 Å². The molecular weight excluding hydrogens is 416 g/mol. The average molecular weight is 436 g/mol. The van der Waals surface area contributed by atoms with Crippen LogP contribution in [0.4, 0.5) is 0 Å². The summed E-state index contributed by atoms with van der Waals surface area (Å²) >= 11 is 1.23. The number of rotatable bonds is 10. The number of hydrogen-bond acceptors (Lipinski definition) is 8. The number of para-hydroxylation sites is 2. The molecule has 0 saturated heterocycles. The topological polar surface area (TPSA) is 98.5 Å². The van der Waals surface area contributed by atoms with Gasteiger partial charge in [0.15, 0.2) is 18.3 Å². The van der Waals surface area contributed by atoms with E-state index >= 15 is 0 Å². The molecule has 2 aromatic carbocycles. The molecule has 0 fully saturated rings. The van der Waals surface area contributed by atoms with Crippen molar-refractivity contribution < 1.29 is 23.8 Å². The van der Waals surface area contributed by atoms with Gasteiger partial charge in [0.1, 0.15) is 35.3 Å². The lowest BCUT2D eigenvalue weighted by molar-refractivity contribution is -0.122. The molecule has 1 aromatic heterocycles. The van der Waals surface area contributed by atoms with Gasteiger partial charge in [-0.05, 0) is 31.2 Å². The van der Waals surface area contributed by atoms with Crippen molar-refractivity contribution in [3.63, 3.8) is 0 Å². The smallest absolute Gasteiger partial charge is 0.342 e. The van der Waals surface area contributed by atoms with Gasteiger partial charge >= 0.3 is 5.97 Å². The Morgan fingerprint density at radius 1 is 1.06 bits per heavy atom. The minimum Gasteiger partial charge on any atom is -0.490 e. The number of ether oxygens (including phenoxy) is 3. The summed E-state index contributed by atoms with van der Waals surface area (Å²) in [5.74, 6) is -1.25. The van der Waals surface area contributed by atoms with E-state index in [1.807, 2.05) is 36.4 Å². The van der Waals surface area contributed by atoms with Crippen molar-refractivity contribution >= 4 is 23.1 Å². The molecule has 7 nitrogen and oxygen atoms in total. The second-order valence-corrected chi connectivity index (χ2v) is 7.33. The van der Waals surface area contributed by atoms with Gasteiger partial charge < -0.3 is 14.2 Å². The molecule has 3 aromatic rings. The average Bonchev–Trinajstić information content (AvgIpc) is 3.22. The molecule has 0 aliphatic rings. The molecule has 1 unspecified atom stereocenters. The molecule has 8 heteroatoms. The Labute approximate surface area is 183 Å². The van der Waals surface area contributed by atoms with E-state index in [-0.39, 0.29) is 12.2 Å². The normalized spacial score (nSPS) is 11.2. The van der Waals surface area contributed by atoms with E-state index < -0.39 is 24.3 Å². The van der Waals surface area contributed by atoms with Gasteiger partial charge in [0, 0.05) is 11.1 Å². The minimum atomic E-state index is -1.06. The lowest BCUT2D eigenvalue weighted by Crippen LogP contribution is -2.20. The van der Waals surface area contributed by atoms with Crippen LogP contribution in [-0.4, -0.2) is 36.6 Å². The molecule has 1 heterocycles. The van der Waals surface area contributed by atoms with Gasteiger partial charge in [0.25, 0.3) is 0 Å². The predicted molar refractivity (Wildman–Crippen MR) is 114 cm³/mol. The van der Waals surface area contributed by atoms with Crippen LogP contribution in [-0.2, 0) is 9.53 Å². The predicted octanol–water partition coefficient (Wildman–Crippen LogP) is 3.94. The number of esters is 1. The van der Waals surface area contributed by atoms with Crippen LogP contribution in [0.5, 0.6) is 11.5 Å². The zero-order valence-electron chi connectivity index (χ0n) is 16.8. The minimum absolute atomic E-state index is 0.189. The number of aromatic nitrogens is 1. The number of nitriles is 1. The summed E-state index contributed by atoms with van der Waals surface area (Å²) in [5.41, 5.74) is 0.918. The zero-order valence-corrected chi connectivity index (χ0v) is 17.6. The maximum atomic E-state index is 12.5. The van der Waals surface area contributed by atoms with Crippen LogP contribution in [0.3, 0.4) is 0 Å². The number of hydrogen-bond donors (Lipinski definition) is 0. The van der Waals surface area contributed by atoms with Crippen molar-refractivity contribution in [1.82, 2.24) is 4.98 Å². The van der Waals surface area contributed by atoms with Gasteiger partial charge in [0.2, 0.25) is 0 Å². The number of Topliss-reactive ketones (excluding diaryl/α,β-unsaturated/α-hetero) is 1. The second-order valence-electron chi connectivity index (χ2n) is 6.44. The molecule has 0 radical (unpaired) electrons. The lowest BCUT2D eigenvalue weighted by Gasteiger charge is -2.12. The molecule has 0 bridgehead atoms. The van der Waals surface area contributed by atoms with Crippen molar-refractivity contribution in [1.29, 1.82) is 5.26 Å². The van der Waals surface area contributed by atoms with Crippen LogP contribution in [0.2, 0.25) is 0 Å². The third kappa shape index (κ3) is 6.14. The van der Waals surface area contributed by atoms with Crippen molar-refractivity contribution in [3.8, 4) is 17.6 Å². The molecule has 31 heavy (non-hydrogen) atoms. The highest BCUT2D eigenvalue weighted by Crippen LogP contribution is 2.22. The molecule has 1 atom stereocenters. The zero-order chi connectivity index (χ0) is 22.1. The highest BCUT2D eigenvalue weighted by Gasteiger charge is 2.25. The Balaban J connectivity index is 1.54. The number of benzene rings is 2. The van der Waals surface area contributed by atoms with Gasteiger partial charge in [-0.3, -0.25) is 4.79 Å². The molecule has 0 spiro atoms. The van der Waals surface area contributed by atoms with Crippen LogP contribution in [0.1, 0.15) is 27.0 Å². The first-order chi connectivity index (χ1) is 15.1. The maximum absolute atomic E-state index is 12.5. The third-order valence-electron chi connectivity index (χ3n) is 4.14. The number of carbonyl (C=O) groups is 2. The summed E-state index contributed by atoms with van der Waals surface area (Å²) in [6, 6.07) is 17.8. The number of nitrogens with zero attached hydrogens (tertiary/aromatic N) is 2. The highest BCUT2D eigenvalue weighted by atomic mass is 32.1. The van der Waals surface area contributed by atoms with Gasteiger partial charge in [-0.25, -0.2) is 9.78 Å². The summed E-state index contributed by atoms with van der Waals surface area (Å²) in [4.78, 5) is 29.0. The van der Waals surface area contributed by atoms with Crippen molar-refractivity contribution in [3.05, 3.63) is 76.2 Å². The van der Waals surface area contributed by atoms with E-state index in [4.69, 9.17) is 14.2 Å².